The third-order valence-corrected chi connectivity index (χ3v) is 4.02. The number of rotatable bonds is 7. The van der Waals surface area contributed by atoms with Gasteiger partial charge in [-0.15, -0.1) is 0 Å². The van der Waals surface area contributed by atoms with Crippen molar-refractivity contribution in [2.45, 2.75) is 37.5 Å². The summed E-state index contributed by atoms with van der Waals surface area (Å²) in [4.78, 5) is 0. The summed E-state index contributed by atoms with van der Waals surface area (Å²) < 4.78 is 30.2. The molecule has 1 atom stereocenters. The van der Waals surface area contributed by atoms with Gasteiger partial charge in [0.2, 0.25) is 5.09 Å². The molecule has 0 aliphatic carbocycles. The van der Waals surface area contributed by atoms with E-state index in [4.69, 9.17) is 4.42 Å². The zero-order chi connectivity index (χ0) is 13.8. The normalized spacial score (nSPS) is 15.6. The molecule has 0 fully saturated rings. The molecular formula is C11H20N2O4S. The topological polar surface area (TPSA) is 91.6 Å². The highest BCUT2D eigenvalue weighted by Crippen LogP contribution is 2.13. The van der Waals surface area contributed by atoms with Crippen LogP contribution >= 0.6 is 0 Å². The molecule has 104 valence electrons. The Morgan fingerprint density at radius 1 is 1.44 bits per heavy atom. The van der Waals surface area contributed by atoms with Crippen molar-refractivity contribution in [3.05, 3.63) is 17.9 Å². The van der Waals surface area contributed by atoms with Crippen LogP contribution in [-0.2, 0) is 16.6 Å². The van der Waals surface area contributed by atoms with Gasteiger partial charge in [0, 0.05) is 6.54 Å². The number of aliphatic hydroxyl groups is 1. The molecule has 1 rings (SSSR count). The first-order chi connectivity index (χ1) is 8.30. The van der Waals surface area contributed by atoms with Gasteiger partial charge in [0.05, 0.1) is 12.1 Å². The minimum Gasteiger partial charge on any atom is -0.447 e. The van der Waals surface area contributed by atoms with E-state index in [0.717, 1.165) is 0 Å². The van der Waals surface area contributed by atoms with Crippen LogP contribution in [0.25, 0.3) is 0 Å². The summed E-state index contributed by atoms with van der Waals surface area (Å²) in [5.41, 5.74) is -0.771. The highest BCUT2D eigenvalue weighted by molar-refractivity contribution is 7.89. The van der Waals surface area contributed by atoms with Gasteiger partial charge in [0.15, 0.2) is 0 Å². The van der Waals surface area contributed by atoms with Gasteiger partial charge in [-0.3, -0.25) is 0 Å². The van der Waals surface area contributed by atoms with Gasteiger partial charge >= 0.3 is 0 Å². The Morgan fingerprint density at radius 2 is 2.11 bits per heavy atom. The van der Waals surface area contributed by atoms with Crippen molar-refractivity contribution >= 4 is 10.0 Å². The van der Waals surface area contributed by atoms with E-state index in [0.29, 0.717) is 25.3 Å². The van der Waals surface area contributed by atoms with E-state index in [1.165, 1.54) is 13.1 Å². The lowest BCUT2D eigenvalue weighted by atomic mass is 10.0. The Kier molecular flexibility index (Phi) is 4.92. The van der Waals surface area contributed by atoms with Crippen molar-refractivity contribution < 1.29 is 17.9 Å². The van der Waals surface area contributed by atoms with Crippen LogP contribution in [-0.4, -0.2) is 32.7 Å². The van der Waals surface area contributed by atoms with Crippen molar-refractivity contribution in [3.8, 4) is 0 Å². The maximum atomic E-state index is 11.4. The van der Waals surface area contributed by atoms with Crippen LogP contribution in [0.2, 0.25) is 0 Å². The van der Waals surface area contributed by atoms with E-state index in [-0.39, 0.29) is 5.09 Å². The fraction of sp³-hybridized carbons (Fsp3) is 0.636. The van der Waals surface area contributed by atoms with Crippen LogP contribution < -0.4 is 10.0 Å². The van der Waals surface area contributed by atoms with Gasteiger partial charge in [-0.05, 0) is 32.5 Å². The monoisotopic (exact) mass is 276 g/mol. The molecule has 0 saturated carbocycles. The first-order valence-corrected chi connectivity index (χ1v) is 7.24. The summed E-state index contributed by atoms with van der Waals surface area (Å²) in [5, 5.41) is 12.7. The van der Waals surface area contributed by atoms with E-state index in [9.17, 15) is 13.5 Å². The zero-order valence-corrected chi connectivity index (χ0v) is 11.7. The molecule has 3 N–H and O–H groups in total. The molecule has 0 aliphatic rings. The van der Waals surface area contributed by atoms with E-state index >= 15 is 0 Å². The third kappa shape index (κ3) is 4.09. The number of hydrogen-bond donors (Lipinski definition) is 3. The van der Waals surface area contributed by atoms with Crippen molar-refractivity contribution in [1.82, 2.24) is 10.0 Å². The van der Waals surface area contributed by atoms with Crippen LogP contribution in [0, 0.1) is 0 Å². The number of sulfonamides is 1. The molecule has 1 unspecified atom stereocenters. The molecule has 1 heterocycles. The lowest BCUT2D eigenvalue weighted by molar-refractivity contribution is 0.0550. The van der Waals surface area contributed by atoms with Crippen molar-refractivity contribution in [3.63, 3.8) is 0 Å². The predicted molar refractivity (Wildman–Crippen MR) is 67.6 cm³/mol. The second-order valence-electron chi connectivity index (χ2n) is 4.38. The molecule has 7 heteroatoms. The van der Waals surface area contributed by atoms with Gasteiger partial charge in [-0.2, -0.15) is 0 Å². The summed E-state index contributed by atoms with van der Waals surface area (Å²) in [6.07, 6.45) is 0.636. The van der Waals surface area contributed by atoms with Crippen molar-refractivity contribution in [1.29, 1.82) is 0 Å². The molecule has 6 nitrogen and oxygen atoms in total. The molecule has 1 aromatic rings. The fourth-order valence-electron chi connectivity index (χ4n) is 1.28. The van der Waals surface area contributed by atoms with Crippen LogP contribution in [0.1, 0.15) is 26.0 Å². The van der Waals surface area contributed by atoms with Gasteiger partial charge in [-0.25, -0.2) is 13.1 Å². The lowest BCUT2D eigenvalue weighted by Gasteiger charge is -2.21. The zero-order valence-electron chi connectivity index (χ0n) is 10.9. The Hall–Kier alpha value is -0.890. The van der Waals surface area contributed by atoms with Crippen LogP contribution in [0.5, 0.6) is 0 Å². The van der Waals surface area contributed by atoms with E-state index in [1.807, 2.05) is 6.92 Å². The van der Waals surface area contributed by atoms with E-state index in [2.05, 4.69) is 10.0 Å². The highest BCUT2D eigenvalue weighted by Gasteiger charge is 2.18. The largest absolute Gasteiger partial charge is 0.447 e. The van der Waals surface area contributed by atoms with Crippen molar-refractivity contribution in [2.75, 3.05) is 13.6 Å². The fourth-order valence-corrected chi connectivity index (χ4v) is 1.94. The Morgan fingerprint density at radius 3 is 2.67 bits per heavy atom. The average molecular weight is 276 g/mol. The van der Waals surface area contributed by atoms with E-state index < -0.39 is 15.6 Å². The first-order valence-electron chi connectivity index (χ1n) is 5.76. The van der Waals surface area contributed by atoms with Gasteiger partial charge in [-0.1, -0.05) is 6.92 Å². The predicted octanol–water partition coefficient (Wildman–Crippen LogP) is 0.438. The quantitative estimate of drug-likeness (QED) is 0.672. The molecule has 0 amide bonds. The molecule has 0 aromatic carbocycles. The maximum Gasteiger partial charge on any atom is 0.273 e. The van der Waals surface area contributed by atoms with Gasteiger partial charge in [0.1, 0.15) is 5.76 Å². The second-order valence-corrected chi connectivity index (χ2v) is 6.20. The summed E-state index contributed by atoms with van der Waals surface area (Å²) in [7, 11) is -2.20. The Bertz CT molecular complexity index is 479. The van der Waals surface area contributed by atoms with Crippen LogP contribution in [0.15, 0.2) is 21.6 Å². The number of furan rings is 1. The Balaban J connectivity index is 2.56. The molecule has 0 aliphatic heterocycles. The molecule has 0 radical (unpaired) electrons. The number of nitrogens with one attached hydrogen (secondary N) is 2. The SMILES string of the molecule is CCC(C)(O)CNCc1ccc(S(=O)(=O)NC)o1. The molecule has 0 bridgehead atoms. The van der Waals surface area contributed by atoms with Crippen LogP contribution in [0.3, 0.4) is 0 Å². The summed E-state index contributed by atoms with van der Waals surface area (Å²) in [6, 6.07) is 3.00. The lowest BCUT2D eigenvalue weighted by Crippen LogP contribution is -2.36. The smallest absolute Gasteiger partial charge is 0.273 e. The molecular weight excluding hydrogens is 256 g/mol. The Labute approximate surface area is 107 Å². The maximum absolute atomic E-state index is 11.4. The average Bonchev–Trinajstić information content (AvgIpc) is 2.78. The first kappa shape index (κ1) is 15.2. The van der Waals surface area contributed by atoms with Crippen molar-refractivity contribution in [2.24, 2.45) is 0 Å². The molecule has 0 spiro atoms. The summed E-state index contributed by atoms with van der Waals surface area (Å²) in [5.74, 6) is 0.510. The van der Waals surface area contributed by atoms with Gasteiger partial charge < -0.3 is 14.8 Å². The standard InChI is InChI=1S/C11H20N2O4S/c1-4-11(2,14)8-13-7-9-5-6-10(17-9)18(15,16)12-3/h5-6,12-14H,4,7-8H2,1-3H3. The molecule has 0 saturated heterocycles. The highest BCUT2D eigenvalue weighted by atomic mass is 32.2. The van der Waals surface area contributed by atoms with Gasteiger partial charge in [0.25, 0.3) is 10.0 Å². The summed E-state index contributed by atoms with van der Waals surface area (Å²) >= 11 is 0. The molecule has 1 aromatic heterocycles. The minimum atomic E-state index is -3.53. The third-order valence-electron chi connectivity index (χ3n) is 2.74. The minimum absolute atomic E-state index is 0.107. The molecule has 18 heavy (non-hydrogen) atoms. The number of hydrogen-bond acceptors (Lipinski definition) is 5. The van der Waals surface area contributed by atoms with E-state index in [1.54, 1.807) is 13.0 Å². The summed E-state index contributed by atoms with van der Waals surface area (Å²) in [6.45, 7) is 4.42. The second kappa shape index (κ2) is 5.83. The van der Waals surface area contributed by atoms with Crippen LogP contribution in [0.4, 0.5) is 0 Å².